The van der Waals surface area contributed by atoms with Gasteiger partial charge in [0.15, 0.2) is 0 Å². The molecule has 0 atom stereocenters. The second-order valence-electron chi connectivity index (χ2n) is 4.80. The van der Waals surface area contributed by atoms with Gasteiger partial charge in [-0.2, -0.15) is 18.4 Å². The van der Waals surface area contributed by atoms with E-state index in [1.54, 1.807) is 6.07 Å². The summed E-state index contributed by atoms with van der Waals surface area (Å²) >= 11 is 0. The first kappa shape index (κ1) is 12.9. The molecule has 4 heteroatoms. The number of nitriles is 1. The molecule has 0 N–H and O–H groups in total. The summed E-state index contributed by atoms with van der Waals surface area (Å²) < 4.78 is 39.0. The van der Waals surface area contributed by atoms with Crippen LogP contribution in [0.15, 0.2) is 24.3 Å². The van der Waals surface area contributed by atoms with Crippen LogP contribution in [-0.2, 0) is 11.6 Å². The molecule has 0 spiro atoms. The van der Waals surface area contributed by atoms with Gasteiger partial charge in [-0.1, -0.05) is 37.5 Å². The van der Waals surface area contributed by atoms with E-state index in [0.29, 0.717) is 12.8 Å². The van der Waals surface area contributed by atoms with E-state index in [9.17, 15) is 18.4 Å². The summed E-state index contributed by atoms with van der Waals surface area (Å²) in [6.07, 6.45) is -0.706. The van der Waals surface area contributed by atoms with Crippen molar-refractivity contribution in [2.24, 2.45) is 0 Å². The normalized spacial score (nSPS) is 19.2. The fourth-order valence-electron chi connectivity index (χ4n) is 2.74. The van der Waals surface area contributed by atoms with E-state index in [2.05, 4.69) is 6.07 Å². The second kappa shape index (κ2) is 4.64. The van der Waals surface area contributed by atoms with E-state index in [1.807, 2.05) is 0 Å². The van der Waals surface area contributed by atoms with Crippen LogP contribution in [0.25, 0.3) is 0 Å². The summed E-state index contributed by atoms with van der Waals surface area (Å²) in [5, 5.41) is 9.37. The molecular weight excluding hydrogens is 239 g/mol. The molecule has 1 aromatic rings. The van der Waals surface area contributed by atoms with Crippen molar-refractivity contribution in [2.75, 3.05) is 0 Å². The topological polar surface area (TPSA) is 23.8 Å². The third-order valence-electron chi connectivity index (χ3n) is 3.67. The molecule has 1 aliphatic carbocycles. The predicted octanol–water partition coefficient (Wildman–Crippen LogP) is 4.43. The quantitative estimate of drug-likeness (QED) is 0.726. The molecule has 0 saturated heterocycles. The summed E-state index contributed by atoms with van der Waals surface area (Å²) in [4.78, 5) is 0. The number of halogens is 3. The van der Waals surface area contributed by atoms with Crippen LogP contribution in [-0.4, -0.2) is 0 Å². The van der Waals surface area contributed by atoms with Gasteiger partial charge in [0.25, 0.3) is 0 Å². The number of alkyl halides is 3. The summed E-state index contributed by atoms with van der Waals surface area (Å²) in [5.41, 5.74) is -1.46. The molecule has 0 aromatic heterocycles. The molecule has 0 bridgehead atoms. The Kier molecular flexibility index (Phi) is 3.34. The maximum atomic E-state index is 13.0. The van der Waals surface area contributed by atoms with Crippen molar-refractivity contribution in [1.29, 1.82) is 5.26 Å². The number of rotatable bonds is 1. The Hall–Kier alpha value is -1.50. The van der Waals surface area contributed by atoms with Crippen molar-refractivity contribution in [3.63, 3.8) is 0 Å². The molecule has 0 amide bonds. The molecule has 0 heterocycles. The Morgan fingerprint density at radius 3 is 2.22 bits per heavy atom. The van der Waals surface area contributed by atoms with Crippen LogP contribution in [0.5, 0.6) is 0 Å². The van der Waals surface area contributed by atoms with Gasteiger partial charge in [-0.25, -0.2) is 0 Å². The van der Waals surface area contributed by atoms with E-state index in [-0.39, 0.29) is 5.56 Å². The molecule has 1 saturated carbocycles. The third-order valence-corrected chi connectivity index (χ3v) is 3.67. The van der Waals surface area contributed by atoms with Gasteiger partial charge in [-0.05, 0) is 24.5 Å². The van der Waals surface area contributed by atoms with Crippen LogP contribution in [0.3, 0.4) is 0 Å². The molecule has 1 fully saturated rings. The first-order valence-electron chi connectivity index (χ1n) is 6.08. The lowest BCUT2D eigenvalue weighted by Crippen LogP contribution is -2.30. The molecule has 96 valence electrons. The Labute approximate surface area is 104 Å². The standard InChI is InChI=1S/C14H14F3N/c15-14(16,17)12-7-3-2-6-11(12)13(10-18)8-4-1-5-9-13/h2-3,6-7H,1,4-5,8-9H2. The zero-order valence-corrected chi connectivity index (χ0v) is 9.93. The number of nitrogens with zero attached hydrogens (tertiary/aromatic N) is 1. The van der Waals surface area contributed by atoms with Crippen molar-refractivity contribution in [1.82, 2.24) is 0 Å². The van der Waals surface area contributed by atoms with Gasteiger partial charge >= 0.3 is 6.18 Å². The molecule has 18 heavy (non-hydrogen) atoms. The van der Waals surface area contributed by atoms with Crippen molar-refractivity contribution in [2.45, 2.75) is 43.7 Å². The summed E-state index contributed by atoms with van der Waals surface area (Å²) in [5.74, 6) is 0. The van der Waals surface area contributed by atoms with Crippen LogP contribution in [0, 0.1) is 11.3 Å². The molecule has 0 unspecified atom stereocenters. The molecule has 2 rings (SSSR count). The highest BCUT2D eigenvalue weighted by Gasteiger charge is 2.42. The maximum absolute atomic E-state index is 13.0. The minimum Gasteiger partial charge on any atom is -0.197 e. The molecular formula is C14H14F3N. The first-order valence-corrected chi connectivity index (χ1v) is 6.08. The van der Waals surface area contributed by atoms with E-state index in [0.717, 1.165) is 25.3 Å². The van der Waals surface area contributed by atoms with Gasteiger partial charge in [0.1, 0.15) is 0 Å². The SMILES string of the molecule is N#CC1(c2ccccc2C(F)(F)F)CCCCC1. The molecule has 1 aromatic carbocycles. The molecule has 1 nitrogen and oxygen atoms in total. The Bertz CT molecular complexity index is 465. The van der Waals surface area contributed by atoms with E-state index < -0.39 is 17.2 Å². The summed E-state index contributed by atoms with van der Waals surface area (Å²) in [7, 11) is 0. The lowest BCUT2D eigenvalue weighted by Gasteiger charge is -2.33. The number of hydrogen-bond donors (Lipinski definition) is 0. The average Bonchev–Trinajstić information content (AvgIpc) is 2.38. The zero-order valence-electron chi connectivity index (χ0n) is 9.93. The number of hydrogen-bond acceptors (Lipinski definition) is 1. The molecule has 1 aliphatic rings. The van der Waals surface area contributed by atoms with Crippen LogP contribution in [0.1, 0.15) is 43.2 Å². The first-order chi connectivity index (χ1) is 8.49. The van der Waals surface area contributed by atoms with Crippen molar-refractivity contribution in [3.8, 4) is 6.07 Å². The van der Waals surface area contributed by atoms with E-state index in [4.69, 9.17) is 0 Å². The smallest absolute Gasteiger partial charge is 0.197 e. The predicted molar refractivity (Wildman–Crippen MR) is 61.8 cm³/mol. The third kappa shape index (κ3) is 2.22. The van der Waals surface area contributed by atoms with E-state index >= 15 is 0 Å². The Balaban J connectivity index is 2.53. The van der Waals surface area contributed by atoms with Gasteiger partial charge in [0.05, 0.1) is 17.0 Å². The lowest BCUT2D eigenvalue weighted by atomic mass is 9.69. The van der Waals surface area contributed by atoms with Crippen molar-refractivity contribution >= 4 is 0 Å². The van der Waals surface area contributed by atoms with Crippen molar-refractivity contribution in [3.05, 3.63) is 35.4 Å². The maximum Gasteiger partial charge on any atom is 0.416 e. The van der Waals surface area contributed by atoms with Crippen LogP contribution in [0.2, 0.25) is 0 Å². The molecule has 0 radical (unpaired) electrons. The minimum absolute atomic E-state index is 0.153. The zero-order chi connectivity index (χ0) is 13.2. The van der Waals surface area contributed by atoms with Gasteiger partial charge in [-0.3, -0.25) is 0 Å². The fraction of sp³-hybridized carbons (Fsp3) is 0.500. The summed E-state index contributed by atoms with van der Waals surface area (Å²) in [6, 6.07) is 7.63. The summed E-state index contributed by atoms with van der Waals surface area (Å²) in [6.45, 7) is 0. The van der Waals surface area contributed by atoms with Crippen LogP contribution in [0.4, 0.5) is 13.2 Å². The minimum atomic E-state index is -4.39. The molecule has 0 aliphatic heterocycles. The number of benzene rings is 1. The van der Waals surface area contributed by atoms with Gasteiger partial charge in [0, 0.05) is 0 Å². The largest absolute Gasteiger partial charge is 0.416 e. The van der Waals surface area contributed by atoms with Gasteiger partial charge < -0.3 is 0 Å². The highest BCUT2D eigenvalue weighted by Crippen LogP contribution is 2.44. The average molecular weight is 253 g/mol. The van der Waals surface area contributed by atoms with Gasteiger partial charge in [-0.15, -0.1) is 0 Å². The highest BCUT2D eigenvalue weighted by molar-refractivity contribution is 5.41. The Morgan fingerprint density at radius 2 is 1.67 bits per heavy atom. The van der Waals surface area contributed by atoms with Crippen molar-refractivity contribution < 1.29 is 13.2 Å². The monoisotopic (exact) mass is 253 g/mol. The second-order valence-corrected chi connectivity index (χ2v) is 4.80. The van der Waals surface area contributed by atoms with Gasteiger partial charge in [0.2, 0.25) is 0 Å². The highest BCUT2D eigenvalue weighted by atomic mass is 19.4. The van der Waals surface area contributed by atoms with Crippen LogP contribution >= 0.6 is 0 Å². The fourth-order valence-corrected chi connectivity index (χ4v) is 2.74. The lowest BCUT2D eigenvalue weighted by molar-refractivity contribution is -0.138. The van der Waals surface area contributed by atoms with E-state index in [1.165, 1.54) is 12.1 Å². The Morgan fingerprint density at radius 1 is 1.06 bits per heavy atom. The van der Waals surface area contributed by atoms with Crippen LogP contribution < -0.4 is 0 Å².